The molecule has 3 rings (SSSR count). The van der Waals surface area contributed by atoms with E-state index in [1.165, 1.54) is 36.4 Å². The van der Waals surface area contributed by atoms with E-state index in [0.717, 1.165) is 0 Å². The second-order valence-corrected chi connectivity index (χ2v) is 4.91. The Morgan fingerprint density at radius 3 is 2.26 bits per heavy atom. The van der Waals surface area contributed by atoms with Crippen molar-refractivity contribution in [2.24, 2.45) is 0 Å². The lowest BCUT2D eigenvalue weighted by molar-refractivity contribution is -0.637. The Bertz CT molecular complexity index is 924. The van der Waals surface area contributed by atoms with E-state index in [-0.39, 0.29) is 28.0 Å². The molecule has 0 saturated carbocycles. The fraction of sp³-hybridized carbons (Fsp3) is 0.0625. The third-order valence-electron chi connectivity index (χ3n) is 3.51. The minimum absolute atomic E-state index is 0.0169. The van der Waals surface area contributed by atoms with E-state index in [1.807, 2.05) is 0 Å². The molecule has 0 bridgehead atoms. The van der Waals surface area contributed by atoms with Crippen LogP contribution in [0.3, 0.4) is 0 Å². The third-order valence-corrected chi connectivity index (χ3v) is 3.51. The molecule has 0 radical (unpaired) electrons. The van der Waals surface area contributed by atoms with Crippen LogP contribution in [0.15, 0.2) is 48.5 Å². The van der Waals surface area contributed by atoms with Gasteiger partial charge in [-0.2, -0.15) is 9.46 Å². The highest BCUT2D eigenvalue weighted by Crippen LogP contribution is 2.17. The Morgan fingerprint density at radius 1 is 1.00 bits per heavy atom. The van der Waals surface area contributed by atoms with E-state index >= 15 is 0 Å². The van der Waals surface area contributed by atoms with Gasteiger partial charge in [-0.3, -0.25) is 4.79 Å². The summed E-state index contributed by atoms with van der Waals surface area (Å²) in [6.07, 6.45) is 0. The molecule has 0 aliphatic carbocycles. The molecule has 1 heterocycles. The van der Waals surface area contributed by atoms with Crippen molar-refractivity contribution in [1.82, 2.24) is 0 Å². The van der Waals surface area contributed by atoms with Crippen LogP contribution in [0.1, 0.15) is 21.7 Å². The zero-order chi connectivity index (χ0) is 16.6. The van der Waals surface area contributed by atoms with Crippen molar-refractivity contribution in [3.63, 3.8) is 0 Å². The quantitative estimate of drug-likeness (QED) is 0.416. The lowest BCUT2D eigenvalue weighted by Gasteiger charge is -2.11. The van der Waals surface area contributed by atoms with Crippen molar-refractivity contribution in [2.45, 2.75) is 6.61 Å². The summed E-state index contributed by atoms with van der Waals surface area (Å²) in [4.78, 5) is 12.6. The van der Waals surface area contributed by atoms with E-state index in [0.29, 0.717) is 9.46 Å². The SMILES string of the molecule is O=C(c1cccc(O)c1)c1c(CO)[n+]([O-])c2ccccc2[n+]1[O-]. The molecule has 0 aliphatic heterocycles. The molecule has 0 aliphatic rings. The van der Waals surface area contributed by atoms with Crippen LogP contribution < -0.4 is 9.46 Å². The Balaban J connectivity index is 2.32. The van der Waals surface area contributed by atoms with Crippen molar-refractivity contribution in [1.29, 1.82) is 0 Å². The van der Waals surface area contributed by atoms with Crippen LogP contribution >= 0.6 is 0 Å². The molecular formula is C16H12N2O5. The van der Waals surface area contributed by atoms with Crippen molar-refractivity contribution < 1.29 is 24.5 Å². The van der Waals surface area contributed by atoms with Crippen molar-refractivity contribution in [2.75, 3.05) is 0 Å². The first-order valence-corrected chi connectivity index (χ1v) is 6.76. The van der Waals surface area contributed by atoms with Gasteiger partial charge in [0.1, 0.15) is 12.4 Å². The highest BCUT2D eigenvalue weighted by atomic mass is 16.5. The maximum absolute atomic E-state index is 12.6. The van der Waals surface area contributed by atoms with Gasteiger partial charge in [-0.15, -0.1) is 0 Å². The van der Waals surface area contributed by atoms with E-state index in [1.54, 1.807) is 12.1 Å². The number of rotatable bonds is 3. The van der Waals surface area contributed by atoms with Crippen LogP contribution in [0.4, 0.5) is 0 Å². The molecule has 7 nitrogen and oxygen atoms in total. The van der Waals surface area contributed by atoms with Gasteiger partial charge in [0.2, 0.25) is 0 Å². The Labute approximate surface area is 130 Å². The molecule has 2 aromatic carbocycles. The van der Waals surface area contributed by atoms with Gasteiger partial charge in [0.15, 0.2) is 0 Å². The number of aromatic nitrogens is 2. The Morgan fingerprint density at radius 2 is 1.65 bits per heavy atom. The van der Waals surface area contributed by atoms with Gasteiger partial charge in [-0.05, 0) is 12.1 Å². The number of nitrogens with zero attached hydrogens (tertiary/aromatic N) is 2. The van der Waals surface area contributed by atoms with Crippen LogP contribution in [0, 0.1) is 10.4 Å². The van der Waals surface area contributed by atoms with Crippen molar-refractivity contribution in [3.8, 4) is 5.75 Å². The van der Waals surface area contributed by atoms with Crippen LogP contribution in [0.25, 0.3) is 11.0 Å². The molecule has 7 heteroatoms. The van der Waals surface area contributed by atoms with E-state index in [9.17, 15) is 25.4 Å². The first-order valence-electron chi connectivity index (χ1n) is 6.76. The fourth-order valence-electron chi connectivity index (χ4n) is 2.43. The number of carbonyl (C=O) groups excluding carboxylic acids is 1. The number of aliphatic hydroxyl groups is 1. The predicted molar refractivity (Wildman–Crippen MR) is 79.3 cm³/mol. The average Bonchev–Trinajstić information content (AvgIpc) is 2.57. The van der Waals surface area contributed by atoms with E-state index in [2.05, 4.69) is 0 Å². The number of aliphatic hydroxyl groups excluding tert-OH is 1. The molecule has 0 unspecified atom stereocenters. The monoisotopic (exact) mass is 312 g/mol. The molecular weight excluding hydrogens is 300 g/mol. The third kappa shape index (κ3) is 2.33. The highest BCUT2D eigenvalue weighted by molar-refractivity contribution is 6.07. The molecule has 0 saturated heterocycles. The molecule has 2 N–H and O–H groups in total. The summed E-state index contributed by atoms with van der Waals surface area (Å²) in [6.45, 7) is -0.767. The number of carbonyl (C=O) groups is 1. The molecule has 3 aromatic rings. The topological polar surface area (TPSA) is 111 Å². The number of phenols is 1. The van der Waals surface area contributed by atoms with Crippen LogP contribution in [-0.2, 0) is 6.61 Å². The maximum Gasteiger partial charge on any atom is 0.336 e. The molecule has 0 fully saturated rings. The largest absolute Gasteiger partial charge is 0.618 e. The Hall–Kier alpha value is -3.19. The second-order valence-electron chi connectivity index (χ2n) is 4.91. The normalized spacial score (nSPS) is 10.8. The van der Waals surface area contributed by atoms with E-state index < -0.39 is 18.1 Å². The summed E-state index contributed by atoms with van der Waals surface area (Å²) >= 11 is 0. The summed E-state index contributed by atoms with van der Waals surface area (Å²) < 4.78 is 0.710. The zero-order valence-electron chi connectivity index (χ0n) is 11.8. The van der Waals surface area contributed by atoms with Gasteiger partial charge >= 0.3 is 5.69 Å². The van der Waals surface area contributed by atoms with Gasteiger partial charge in [0, 0.05) is 17.7 Å². The lowest BCUT2D eigenvalue weighted by Crippen LogP contribution is -2.47. The molecule has 1 aromatic heterocycles. The molecule has 0 amide bonds. The van der Waals surface area contributed by atoms with Gasteiger partial charge in [-0.1, -0.05) is 24.3 Å². The van der Waals surface area contributed by atoms with Crippen molar-refractivity contribution in [3.05, 3.63) is 75.9 Å². The smallest absolute Gasteiger partial charge is 0.336 e. The molecule has 116 valence electrons. The number of hydrogen-bond donors (Lipinski definition) is 2. The van der Waals surface area contributed by atoms with E-state index in [4.69, 9.17) is 0 Å². The minimum Gasteiger partial charge on any atom is -0.618 e. The second kappa shape index (κ2) is 5.54. The number of aromatic hydroxyl groups is 1. The number of ketones is 1. The summed E-state index contributed by atoms with van der Waals surface area (Å²) in [5.74, 6) is -0.898. The van der Waals surface area contributed by atoms with Crippen molar-refractivity contribution >= 4 is 16.8 Å². The van der Waals surface area contributed by atoms with Gasteiger partial charge in [-0.25, -0.2) is 0 Å². The van der Waals surface area contributed by atoms with Crippen LogP contribution in [0.5, 0.6) is 5.75 Å². The highest BCUT2D eigenvalue weighted by Gasteiger charge is 2.33. The number of benzene rings is 2. The van der Waals surface area contributed by atoms with Gasteiger partial charge in [0.25, 0.3) is 22.5 Å². The molecule has 23 heavy (non-hydrogen) atoms. The van der Waals surface area contributed by atoms with Gasteiger partial charge in [0.05, 0.1) is 0 Å². The molecule has 0 spiro atoms. The van der Waals surface area contributed by atoms with Crippen LogP contribution in [0.2, 0.25) is 0 Å². The first kappa shape index (κ1) is 14.7. The molecule has 0 atom stereocenters. The minimum atomic E-state index is -0.767. The summed E-state index contributed by atoms with van der Waals surface area (Å²) in [5, 5.41) is 43.8. The summed E-state index contributed by atoms with van der Waals surface area (Å²) in [6, 6.07) is 11.4. The number of phenolic OH excluding ortho intramolecular Hbond substituents is 1. The predicted octanol–water partition coefficient (Wildman–Crippen LogP) is 0.535. The summed E-state index contributed by atoms with van der Waals surface area (Å²) in [5.41, 5.74) is -0.694. The fourth-order valence-corrected chi connectivity index (χ4v) is 2.43. The number of para-hydroxylation sites is 2. The standard InChI is InChI=1S/C16H12N2O5/c19-9-14-15(16(21)10-4-3-5-11(20)8-10)18(23)13-7-2-1-6-12(13)17(14)22/h1-8,19-20H,9H2. The number of hydrogen-bond acceptors (Lipinski definition) is 5. The summed E-state index contributed by atoms with van der Waals surface area (Å²) in [7, 11) is 0. The van der Waals surface area contributed by atoms with Gasteiger partial charge < -0.3 is 20.6 Å². The number of fused-ring (bicyclic) bond motifs is 1. The zero-order valence-corrected chi connectivity index (χ0v) is 11.8. The first-order chi connectivity index (χ1) is 11.0. The average molecular weight is 312 g/mol. The maximum atomic E-state index is 12.6. The Kier molecular flexibility index (Phi) is 3.55. The lowest BCUT2D eigenvalue weighted by atomic mass is 10.1. The van der Waals surface area contributed by atoms with Crippen LogP contribution in [-0.4, -0.2) is 16.0 Å².